The molecule has 14 heteroatoms. The number of likely N-dealkylation sites (N-methyl/N-ethyl adjacent to an activating group) is 1. The summed E-state index contributed by atoms with van der Waals surface area (Å²) in [6.07, 6.45) is -2.69. The Hall–Kier alpha value is -1.96. The molecule has 30 heavy (non-hydrogen) atoms. The predicted octanol–water partition coefficient (Wildman–Crippen LogP) is 2.60. The number of halogens is 4. The van der Waals surface area contributed by atoms with Gasteiger partial charge in [0.25, 0.3) is 0 Å². The number of aromatic nitrogens is 2. The van der Waals surface area contributed by atoms with Crippen LogP contribution in [0.1, 0.15) is 12.1 Å². The molecule has 0 unspecified atom stereocenters. The van der Waals surface area contributed by atoms with Crippen LogP contribution < -0.4 is 10.2 Å². The molecule has 0 spiro atoms. The Kier molecular flexibility index (Phi) is 8.02. The Morgan fingerprint density at radius 3 is 2.57 bits per heavy atom. The topological polar surface area (TPSA) is 112 Å². The average molecular weight is 487 g/mol. The lowest BCUT2D eigenvalue weighted by Gasteiger charge is -2.25. The number of anilines is 1. The normalized spacial score (nSPS) is 16.6. The summed E-state index contributed by atoms with van der Waals surface area (Å²) in [4.78, 5) is 19.3. The van der Waals surface area contributed by atoms with Gasteiger partial charge in [-0.15, -0.1) is 11.3 Å². The van der Waals surface area contributed by atoms with Crippen molar-refractivity contribution in [3.63, 3.8) is 0 Å². The smallest absolute Gasteiger partial charge is 0.475 e. The van der Waals surface area contributed by atoms with E-state index >= 15 is 0 Å². The van der Waals surface area contributed by atoms with E-state index in [0.29, 0.717) is 22.6 Å². The molecule has 1 aliphatic heterocycles. The molecule has 0 aromatic carbocycles. The van der Waals surface area contributed by atoms with Gasteiger partial charge in [-0.3, -0.25) is 0 Å². The van der Waals surface area contributed by atoms with Crippen LogP contribution in [0.2, 0.25) is 5.02 Å². The number of hydrogen-bond acceptors (Lipinski definition) is 8. The first-order valence-corrected chi connectivity index (χ1v) is 11.4. The number of carboxylic acids is 1. The quantitative estimate of drug-likeness (QED) is 0.663. The highest BCUT2D eigenvalue weighted by molar-refractivity contribution is 7.90. The Bertz CT molecular complexity index is 965. The Morgan fingerprint density at radius 1 is 1.43 bits per heavy atom. The number of carboxylic acid groups (broad SMARTS) is 1. The first kappa shape index (κ1) is 24.3. The van der Waals surface area contributed by atoms with Gasteiger partial charge in [0.2, 0.25) is 0 Å². The van der Waals surface area contributed by atoms with Crippen molar-refractivity contribution in [2.45, 2.75) is 29.3 Å². The summed E-state index contributed by atoms with van der Waals surface area (Å²) in [7, 11) is -1.57. The van der Waals surface area contributed by atoms with Gasteiger partial charge in [-0.2, -0.15) is 13.2 Å². The lowest BCUT2D eigenvalue weighted by atomic mass is 10.2. The van der Waals surface area contributed by atoms with Crippen LogP contribution in [0, 0.1) is 0 Å². The maximum Gasteiger partial charge on any atom is 0.490 e. The van der Waals surface area contributed by atoms with Crippen molar-refractivity contribution < 1.29 is 31.5 Å². The fourth-order valence-corrected chi connectivity index (χ4v) is 4.83. The molecule has 3 rings (SSSR count). The highest BCUT2D eigenvalue weighted by Crippen LogP contribution is 2.28. The molecule has 166 valence electrons. The van der Waals surface area contributed by atoms with Crippen molar-refractivity contribution in [2.24, 2.45) is 0 Å². The SMILES string of the molecule is CN(c1ncc(S(=O)(=O)Cc2cscn2)cc1Cl)[C@@H]1CCNC1.O=C(O)C(F)(F)F. The van der Waals surface area contributed by atoms with Crippen LogP contribution in [0.15, 0.2) is 28.0 Å². The molecule has 1 atom stereocenters. The van der Waals surface area contributed by atoms with Crippen LogP contribution in [-0.4, -0.2) is 61.8 Å². The molecule has 1 saturated heterocycles. The second-order valence-electron chi connectivity index (χ2n) is 6.28. The van der Waals surface area contributed by atoms with E-state index in [1.807, 2.05) is 11.9 Å². The zero-order chi connectivity index (χ0) is 22.5. The van der Waals surface area contributed by atoms with Gasteiger partial charge >= 0.3 is 12.1 Å². The van der Waals surface area contributed by atoms with E-state index in [1.54, 1.807) is 10.9 Å². The van der Waals surface area contributed by atoms with Gasteiger partial charge in [0.1, 0.15) is 5.82 Å². The number of nitrogens with zero attached hydrogens (tertiary/aromatic N) is 3. The molecule has 2 N–H and O–H groups in total. The van der Waals surface area contributed by atoms with E-state index in [2.05, 4.69) is 15.3 Å². The maximum absolute atomic E-state index is 12.4. The monoisotopic (exact) mass is 486 g/mol. The van der Waals surface area contributed by atoms with Crippen LogP contribution in [0.5, 0.6) is 0 Å². The largest absolute Gasteiger partial charge is 0.490 e. The van der Waals surface area contributed by atoms with Gasteiger partial charge in [-0.1, -0.05) is 11.6 Å². The zero-order valence-electron chi connectivity index (χ0n) is 15.6. The molecule has 2 aromatic heterocycles. The minimum absolute atomic E-state index is 0.122. The number of alkyl halides is 3. The molecule has 2 aromatic rings. The first-order chi connectivity index (χ1) is 13.9. The molecule has 1 fully saturated rings. The van der Waals surface area contributed by atoms with Crippen molar-refractivity contribution >= 4 is 44.6 Å². The van der Waals surface area contributed by atoms with Crippen molar-refractivity contribution in [1.29, 1.82) is 0 Å². The molecule has 0 saturated carbocycles. The minimum Gasteiger partial charge on any atom is -0.475 e. The molecule has 3 heterocycles. The number of aliphatic carboxylic acids is 1. The summed E-state index contributed by atoms with van der Waals surface area (Å²) in [6, 6.07) is 1.79. The summed E-state index contributed by atoms with van der Waals surface area (Å²) in [6.45, 7) is 1.84. The second kappa shape index (κ2) is 9.90. The molecule has 8 nitrogen and oxygen atoms in total. The molecule has 0 radical (unpaired) electrons. The predicted molar refractivity (Wildman–Crippen MR) is 106 cm³/mol. The number of carbonyl (C=O) groups is 1. The van der Waals surface area contributed by atoms with E-state index in [-0.39, 0.29) is 10.6 Å². The summed E-state index contributed by atoms with van der Waals surface area (Å²) in [5.74, 6) is -2.29. The molecule has 0 amide bonds. The van der Waals surface area contributed by atoms with Crippen molar-refractivity contribution in [3.05, 3.63) is 33.9 Å². The number of hydrogen-bond donors (Lipinski definition) is 2. The van der Waals surface area contributed by atoms with Gasteiger partial charge in [0, 0.05) is 31.2 Å². The molecular weight excluding hydrogens is 469 g/mol. The van der Waals surface area contributed by atoms with Crippen molar-refractivity contribution in [2.75, 3.05) is 25.0 Å². The number of thiazole rings is 1. The van der Waals surface area contributed by atoms with Crippen LogP contribution in [0.4, 0.5) is 19.0 Å². The Morgan fingerprint density at radius 2 is 2.10 bits per heavy atom. The molecular formula is C16H18ClF3N4O4S2. The third-order valence-corrected chi connectivity index (χ3v) is 6.67. The maximum atomic E-state index is 12.4. The van der Waals surface area contributed by atoms with E-state index < -0.39 is 22.0 Å². The van der Waals surface area contributed by atoms with Crippen LogP contribution in [-0.2, 0) is 20.4 Å². The van der Waals surface area contributed by atoms with Gasteiger partial charge in [-0.05, 0) is 19.0 Å². The van der Waals surface area contributed by atoms with E-state index in [1.165, 1.54) is 23.6 Å². The summed E-state index contributed by atoms with van der Waals surface area (Å²) in [5, 5.41) is 12.5. The number of pyridine rings is 1. The lowest BCUT2D eigenvalue weighted by molar-refractivity contribution is -0.192. The summed E-state index contributed by atoms with van der Waals surface area (Å²) >= 11 is 7.66. The van der Waals surface area contributed by atoms with E-state index in [0.717, 1.165) is 19.5 Å². The fourth-order valence-electron chi connectivity index (χ4n) is 2.57. The van der Waals surface area contributed by atoms with Gasteiger partial charge < -0.3 is 15.3 Å². The fraction of sp³-hybridized carbons (Fsp3) is 0.438. The number of nitrogens with one attached hydrogen (secondary N) is 1. The number of sulfone groups is 1. The van der Waals surface area contributed by atoms with Gasteiger partial charge in [-0.25, -0.2) is 23.2 Å². The van der Waals surface area contributed by atoms with Gasteiger partial charge in [0.15, 0.2) is 9.84 Å². The Balaban J connectivity index is 0.000000396. The highest BCUT2D eigenvalue weighted by atomic mass is 35.5. The van der Waals surface area contributed by atoms with Crippen LogP contribution in [0.25, 0.3) is 0 Å². The second-order valence-corrected chi connectivity index (χ2v) is 9.39. The van der Waals surface area contributed by atoms with Crippen molar-refractivity contribution in [1.82, 2.24) is 15.3 Å². The molecule has 1 aliphatic rings. The van der Waals surface area contributed by atoms with Crippen molar-refractivity contribution in [3.8, 4) is 0 Å². The average Bonchev–Trinajstić information content (AvgIpc) is 3.34. The van der Waals surface area contributed by atoms with Gasteiger partial charge in [0.05, 0.1) is 26.9 Å². The minimum atomic E-state index is -5.08. The lowest BCUT2D eigenvalue weighted by Crippen LogP contribution is -2.34. The molecule has 0 bridgehead atoms. The Labute approximate surface area is 179 Å². The van der Waals surface area contributed by atoms with Crippen LogP contribution >= 0.6 is 22.9 Å². The first-order valence-electron chi connectivity index (χ1n) is 8.41. The van der Waals surface area contributed by atoms with E-state index in [9.17, 15) is 21.6 Å². The molecule has 0 aliphatic carbocycles. The zero-order valence-corrected chi connectivity index (χ0v) is 17.9. The van der Waals surface area contributed by atoms with Crippen LogP contribution in [0.3, 0.4) is 0 Å². The summed E-state index contributed by atoms with van der Waals surface area (Å²) < 4.78 is 56.6. The third-order valence-electron chi connectivity index (χ3n) is 4.14. The third kappa shape index (κ3) is 6.52. The highest BCUT2D eigenvalue weighted by Gasteiger charge is 2.38. The standard InChI is InChI=1S/C14H17ClN4O2S2.C2HF3O2/c1-19(11-2-3-16-5-11)14-13(15)4-12(6-17-14)23(20,21)8-10-7-22-9-18-10;3-2(4,5)1(6)7/h4,6-7,9,11,16H,2-3,5,8H2,1H3;(H,6,7)/t11-;/m1./s1. The summed E-state index contributed by atoms with van der Waals surface area (Å²) in [5.41, 5.74) is 2.15. The van der Waals surface area contributed by atoms with E-state index in [4.69, 9.17) is 21.5 Å². The number of rotatable bonds is 5.